The molecule has 0 radical (unpaired) electrons. The Labute approximate surface area is 171 Å². The Hall–Kier alpha value is -2.58. The summed E-state index contributed by atoms with van der Waals surface area (Å²) in [6, 6.07) is 10.4. The third kappa shape index (κ3) is 6.86. The molecular weight excluding hydrogens is 342 g/mol. The van der Waals surface area contributed by atoms with E-state index in [1.54, 1.807) is 0 Å². The number of allylic oxidation sites excluding steroid dienone is 7. The Bertz CT molecular complexity index is 765. The third-order valence-electron chi connectivity index (χ3n) is 4.57. The summed E-state index contributed by atoms with van der Waals surface area (Å²) in [6.45, 7) is 25.9. The molecule has 0 heterocycles. The zero-order valence-electron chi connectivity index (χ0n) is 18.0. The molecule has 0 amide bonds. The molecule has 1 aromatic rings. The van der Waals surface area contributed by atoms with Crippen LogP contribution in [0.25, 0.3) is 0 Å². The smallest absolute Gasteiger partial charge is 0.0717 e. The normalized spacial score (nSPS) is 13.4. The summed E-state index contributed by atoms with van der Waals surface area (Å²) in [4.78, 5) is 0. The lowest BCUT2D eigenvalue weighted by atomic mass is 9.91. The Morgan fingerprint density at radius 3 is 2.21 bits per heavy atom. The van der Waals surface area contributed by atoms with Gasteiger partial charge in [0.15, 0.2) is 0 Å². The van der Waals surface area contributed by atoms with E-state index in [4.69, 9.17) is 4.74 Å². The van der Waals surface area contributed by atoms with E-state index in [0.29, 0.717) is 13.2 Å². The summed E-state index contributed by atoms with van der Waals surface area (Å²) < 4.78 is 5.95. The quantitative estimate of drug-likeness (QED) is 0.411. The third-order valence-corrected chi connectivity index (χ3v) is 4.57. The van der Waals surface area contributed by atoms with E-state index in [2.05, 4.69) is 50.7 Å². The Kier molecular flexibility index (Phi) is 10.0. The molecule has 2 nitrogen and oxygen atoms in total. The second kappa shape index (κ2) is 12.0. The molecule has 0 spiro atoms. The van der Waals surface area contributed by atoms with E-state index in [9.17, 15) is 0 Å². The summed E-state index contributed by atoms with van der Waals surface area (Å²) in [7, 11) is 0. The van der Waals surface area contributed by atoms with Gasteiger partial charge in [-0.3, -0.25) is 0 Å². The first-order valence-electron chi connectivity index (χ1n) is 9.78. The Balaban J connectivity index is 2.98. The van der Waals surface area contributed by atoms with Crippen LogP contribution in [0.4, 0.5) is 0 Å². The molecule has 0 aliphatic carbocycles. The fraction of sp³-hybridized carbons (Fsp3) is 0.308. The lowest BCUT2D eigenvalue weighted by Gasteiger charge is -2.24. The van der Waals surface area contributed by atoms with E-state index in [1.165, 1.54) is 5.56 Å². The predicted octanol–water partition coefficient (Wildman–Crippen LogP) is 6.67. The van der Waals surface area contributed by atoms with Crippen molar-refractivity contribution in [1.82, 2.24) is 5.32 Å². The van der Waals surface area contributed by atoms with E-state index < -0.39 is 0 Å². The van der Waals surface area contributed by atoms with Crippen LogP contribution in [0.3, 0.4) is 0 Å². The van der Waals surface area contributed by atoms with Crippen molar-refractivity contribution in [3.05, 3.63) is 108 Å². The molecule has 0 fully saturated rings. The van der Waals surface area contributed by atoms with Gasteiger partial charge in [0, 0.05) is 17.3 Å². The largest absolute Gasteiger partial charge is 0.379 e. The first-order chi connectivity index (χ1) is 13.3. The zero-order valence-corrected chi connectivity index (χ0v) is 18.0. The number of nitrogens with one attached hydrogen (secondary N) is 1. The van der Waals surface area contributed by atoms with Gasteiger partial charge in [-0.1, -0.05) is 81.3 Å². The van der Waals surface area contributed by atoms with Gasteiger partial charge in [-0.2, -0.15) is 0 Å². The van der Waals surface area contributed by atoms with Crippen molar-refractivity contribution < 1.29 is 4.74 Å². The molecule has 1 aromatic carbocycles. The minimum Gasteiger partial charge on any atom is -0.379 e. The Morgan fingerprint density at radius 2 is 1.75 bits per heavy atom. The molecule has 0 aliphatic rings. The monoisotopic (exact) mass is 377 g/mol. The highest BCUT2D eigenvalue weighted by molar-refractivity contribution is 5.59. The highest BCUT2D eigenvalue weighted by Crippen LogP contribution is 2.28. The number of hydrogen-bond donors (Lipinski definition) is 1. The molecule has 150 valence electrons. The van der Waals surface area contributed by atoms with Crippen molar-refractivity contribution in [3.8, 4) is 0 Å². The number of rotatable bonds is 12. The van der Waals surface area contributed by atoms with Crippen molar-refractivity contribution >= 4 is 0 Å². The highest BCUT2D eigenvalue weighted by atomic mass is 16.5. The molecule has 1 rings (SSSR count). The molecule has 28 heavy (non-hydrogen) atoms. The fourth-order valence-electron chi connectivity index (χ4n) is 2.99. The van der Waals surface area contributed by atoms with Crippen LogP contribution in [0.15, 0.2) is 102 Å². The van der Waals surface area contributed by atoms with Crippen LogP contribution in [0.5, 0.6) is 0 Å². The van der Waals surface area contributed by atoms with Crippen LogP contribution < -0.4 is 5.32 Å². The lowest BCUT2D eigenvalue weighted by molar-refractivity contribution is 0.100. The van der Waals surface area contributed by atoms with Crippen LogP contribution in [-0.2, 0) is 11.3 Å². The number of ether oxygens (including phenoxy) is 1. The van der Waals surface area contributed by atoms with Gasteiger partial charge in [0.05, 0.1) is 13.2 Å². The summed E-state index contributed by atoms with van der Waals surface area (Å²) in [5, 5.41) is 3.61. The van der Waals surface area contributed by atoms with Gasteiger partial charge >= 0.3 is 0 Å². The van der Waals surface area contributed by atoms with E-state index in [0.717, 1.165) is 40.0 Å². The van der Waals surface area contributed by atoms with Gasteiger partial charge in [0.1, 0.15) is 0 Å². The highest BCUT2D eigenvalue weighted by Gasteiger charge is 2.16. The fourth-order valence-corrected chi connectivity index (χ4v) is 2.99. The molecule has 0 aromatic heterocycles. The molecule has 1 N–H and O–H groups in total. The zero-order chi connectivity index (χ0) is 21.1. The van der Waals surface area contributed by atoms with E-state index >= 15 is 0 Å². The maximum atomic E-state index is 5.95. The SMILES string of the molecule is C=C/C(C(=C)/C(=C\C)C(=C)C)=C(/NC(CC)COCc1ccccc1)C(=C)C. The first kappa shape index (κ1) is 23.5. The molecule has 0 bridgehead atoms. The van der Waals surface area contributed by atoms with Crippen molar-refractivity contribution in [2.75, 3.05) is 6.61 Å². The molecule has 0 saturated heterocycles. The standard InChI is InChI=1S/C26H35NO/c1-9-23(18-28-17-22-15-13-12-14-16-22)27-26(20(6)7)25(11-3)21(8)24(10-2)19(4)5/h10-16,23,27H,3-4,6,8-9,17-18H2,1-2,5,7H3/b24-10-,26-25-. The minimum absolute atomic E-state index is 0.164. The molecule has 1 atom stereocenters. The van der Waals surface area contributed by atoms with Crippen molar-refractivity contribution in [3.63, 3.8) is 0 Å². The number of benzene rings is 1. The summed E-state index contributed by atoms with van der Waals surface area (Å²) in [5.41, 5.74) is 6.92. The maximum absolute atomic E-state index is 5.95. The van der Waals surface area contributed by atoms with Gasteiger partial charge in [-0.15, -0.1) is 0 Å². The average Bonchev–Trinajstić information content (AvgIpc) is 2.67. The molecule has 1 unspecified atom stereocenters. The van der Waals surface area contributed by atoms with Gasteiger partial charge in [0.25, 0.3) is 0 Å². The van der Waals surface area contributed by atoms with Crippen LogP contribution in [0.2, 0.25) is 0 Å². The summed E-state index contributed by atoms with van der Waals surface area (Å²) >= 11 is 0. The van der Waals surface area contributed by atoms with E-state index in [1.807, 2.05) is 51.1 Å². The van der Waals surface area contributed by atoms with Crippen LogP contribution in [-0.4, -0.2) is 12.6 Å². The van der Waals surface area contributed by atoms with Crippen molar-refractivity contribution in [2.24, 2.45) is 0 Å². The topological polar surface area (TPSA) is 21.3 Å². The summed E-state index contributed by atoms with van der Waals surface area (Å²) in [5.74, 6) is 0. The first-order valence-corrected chi connectivity index (χ1v) is 9.78. The van der Waals surface area contributed by atoms with Gasteiger partial charge in [-0.25, -0.2) is 0 Å². The molecule has 2 heteroatoms. The second-order valence-electron chi connectivity index (χ2n) is 6.98. The molecular formula is C26H35NO. The predicted molar refractivity (Wildman–Crippen MR) is 123 cm³/mol. The van der Waals surface area contributed by atoms with Gasteiger partial charge in [0.2, 0.25) is 0 Å². The second-order valence-corrected chi connectivity index (χ2v) is 6.98. The van der Waals surface area contributed by atoms with E-state index in [-0.39, 0.29) is 6.04 Å². The van der Waals surface area contributed by atoms with Gasteiger partial charge < -0.3 is 10.1 Å². The summed E-state index contributed by atoms with van der Waals surface area (Å²) in [6.07, 6.45) is 4.80. The minimum atomic E-state index is 0.164. The maximum Gasteiger partial charge on any atom is 0.0717 e. The van der Waals surface area contributed by atoms with Crippen LogP contribution in [0.1, 0.15) is 39.7 Å². The molecule has 0 saturated carbocycles. The average molecular weight is 378 g/mol. The lowest BCUT2D eigenvalue weighted by Crippen LogP contribution is -2.33. The molecule has 0 aliphatic heterocycles. The van der Waals surface area contributed by atoms with Gasteiger partial charge in [-0.05, 0) is 49.5 Å². The number of hydrogen-bond acceptors (Lipinski definition) is 2. The van der Waals surface area contributed by atoms with Crippen molar-refractivity contribution in [2.45, 2.75) is 46.8 Å². The van der Waals surface area contributed by atoms with Crippen molar-refractivity contribution in [1.29, 1.82) is 0 Å². The Morgan fingerprint density at radius 1 is 1.11 bits per heavy atom. The van der Waals surface area contributed by atoms with Crippen LogP contribution >= 0.6 is 0 Å². The van der Waals surface area contributed by atoms with Crippen LogP contribution in [0, 0.1) is 0 Å².